The maximum Gasteiger partial charge on any atom is 0.275 e. The number of sulfonamides is 1. The van der Waals surface area contributed by atoms with Crippen LogP contribution in [0.1, 0.15) is 50.3 Å². The van der Waals surface area contributed by atoms with Crippen LogP contribution in [-0.2, 0) is 16.4 Å². The highest BCUT2D eigenvalue weighted by Crippen LogP contribution is 2.20. The van der Waals surface area contributed by atoms with Gasteiger partial charge in [0.25, 0.3) is 5.91 Å². The number of H-pyrrole nitrogens is 1. The Hall–Kier alpha value is -1.41. The van der Waals surface area contributed by atoms with Gasteiger partial charge in [0.1, 0.15) is 4.90 Å². The lowest BCUT2D eigenvalue weighted by Crippen LogP contribution is -2.37. The van der Waals surface area contributed by atoms with Crippen molar-refractivity contribution < 1.29 is 13.2 Å². The Morgan fingerprint density at radius 2 is 2.00 bits per heavy atom. The van der Waals surface area contributed by atoms with E-state index in [9.17, 15) is 13.2 Å². The molecule has 7 nitrogen and oxygen atoms in total. The first-order valence-electron chi connectivity index (χ1n) is 6.64. The van der Waals surface area contributed by atoms with E-state index in [2.05, 4.69) is 10.2 Å². The predicted molar refractivity (Wildman–Crippen MR) is 75.8 cm³/mol. The number of amides is 1. The predicted octanol–water partition coefficient (Wildman–Crippen LogP) is 0.880. The fourth-order valence-corrected chi connectivity index (χ4v) is 3.01. The monoisotopic (exact) mass is 302 g/mol. The number of nitrogens with zero attached hydrogens (tertiary/aromatic N) is 2. The van der Waals surface area contributed by atoms with Crippen LogP contribution >= 0.6 is 0 Å². The van der Waals surface area contributed by atoms with Gasteiger partial charge in [-0.25, -0.2) is 13.6 Å². The van der Waals surface area contributed by atoms with Crippen molar-refractivity contribution in [3.8, 4) is 0 Å². The number of aromatic nitrogens is 2. The van der Waals surface area contributed by atoms with Crippen LogP contribution < -0.4 is 5.14 Å². The van der Waals surface area contributed by atoms with Crippen molar-refractivity contribution in [2.24, 2.45) is 5.14 Å². The molecule has 0 atom stereocenters. The zero-order valence-corrected chi connectivity index (χ0v) is 13.1. The smallest absolute Gasteiger partial charge is 0.275 e. The minimum absolute atomic E-state index is 0.0489. The van der Waals surface area contributed by atoms with Gasteiger partial charge >= 0.3 is 0 Å². The maximum absolute atomic E-state index is 12.4. The van der Waals surface area contributed by atoms with Crippen molar-refractivity contribution in [2.75, 3.05) is 6.54 Å². The van der Waals surface area contributed by atoms with Gasteiger partial charge in [-0.2, -0.15) is 5.10 Å². The van der Waals surface area contributed by atoms with Crippen LogP contribution in [0, 0.1) is 0 Å². The molecule has 0 saturated carbocycles. The van der Waals surface area contributed by atoms with Crippen molar-refractivity contribution in [3.63, 3.8) is 0 Å². The lowest BCUT2D eigenvalue weighted by molar-refractivity contribution is 0.0707. The Morgan fingerprint density at radius 1 is 1.40 bits per heavy atom. The van der Waals surface area contributed by atoms with Gasteiger partial charge in [-0.05, 0) is 27.2 Å². The molecule has 1 amide bonds. The Balaban J connectivity index is 3.35. The Morgan fingerprint density at radius 3 is 2.40 bits per heavy atom. The second kappa shape index (κ2) is 6.36. The van der Waals surface area contributed by atoms with Crippen molar-refractivity contribution in [3.05, 3.63) is 11.4 Å². The quantitative estimate of drug-likeness (QED) is 0.812. The Bertz CT molecular complexity index is 578. The molecule has 0 aliphatic carbocycles. The topological polar surface area (TPSA) is 109 Å². The number of carbonyl (C=O) groups is 1. The summed E-state index contributed by atoms with van der Waals surface area (Å²) in [6.45, 7) is 7.92. The zero-order chi connectivity index (χ0) is 15.5. The summed E-state index contributed by atoms with van der Waals surface area (Å²) in [5.74, 6) is -0.426. The SMILES string of the molecule is CCCc1[nH]nc(C(=O)N(CC)C(C)C)c1S(N)(=O)=O. The van der Waals surface area contributed by atoms with Gasteiger partial charge in [0.15, 0.2) is 5.69 Å². The third-order valence-electron chi connectivity index (χ3n) is 3.00. The average molecular weight is 302 g/mol. The molecule has 0 aliphatic rings. The molecule has 0 aromatic carbocycles. The van der Waals surface area contributed by atoms with Crippen LogP contribution in [0.25, 0.3) is 0 Å². The minimum Gasteiger partial charge on any atom is -0.335 e. The molecular formula is C12H22N4O3S. The summed E-state index contributed by atoms with van der Waals surface area (Å²) < 4.78 is 23.5. The van der Waals surface area contributed by atoms with E-state index in [4.69, 9.17) is 5.14 Å². The Kier molecular flexibility index (Phi) is 5.29. The number of hydrogen-bond acceptors (Lipinski definition) is 4. The third-order valence-corrected chi connectivity index (χ3v) is 4.01. The molecule has 0 unspecified atom stereocenters. The standard InChI is InChI=1S/C12H22N4O3S/c1-5-7-9-11(20(13,18)19)10(15-14-9)12(17)16(6-2)8(3)4/h8H,5-7H2,1-4H3,(H,14,15)(H2,13,18,19). The van der Waals surface area contributed by atoms with Crippen molar-refractivity contribution in [2.45, 2.75) is 51.5 Å². The van der Waals surface area contributed by atoms with Crippen molar-refractivity contribution in [1.29, 1.82) is 0 Å². The summed E-state index contributed by atoms with van der Waals surface area (Å²) >= 11 is 0. The normalized spacial score (nSPS) is 11.9. The second-order valence-electron chi connectivity index (χ2n) is 4.86. The van der Waals surface area contributed by atoms with E-state index in [0.717, 1.165) is 6.42 Å². The molecule has 8 heteroatoms. The van der Waals surface area contributed by atoms with E-state index in [1.807, 2.05) is 27.7 Å². The van der Waals surface area contributed by atoms with Crippen LogP contribution in [0.2, 0.25) is 0 Å². The third kappa shape index (κ3) is 3.37. The van der Waals surface area contributed by atoms with Crippen molar-refractivity contribution >= 4 is 15.9 Å². The van der Waals surface area contributed by atoms with Crippen LogP contribution in [0.15, 0.2) is 4.90 Å². The van der Waals surface area contributed by atoms with E-state index >= 15 is 0 Å². The molecule has 20 heavy (non-hydrogen) atoms. The summed E-state index contributed by atoms with van der Waals surface area (Å²) in [5, 5.41) is 11.7. The molecule has 0 saturated heterocycles. The molecule has 1 aromatic heterocycles. The lowest BCUT2D eigenvalue weighted by Gasteiger charge is -2.24. The highest BCUT2D eigenvalue weighted by atomic mass is 32.2. The number of aryl methyl sites for hydroxylation is 1. The molecule has 0 aliphatic heterocycles. The van der Waals surface area contributed by atoms with Gasteiger partial charge in [0.2, 0.25) is 10.0 Å². The van der Waals surface area contributed by atoms with Crippen LogP contribution in [0.5, 0.6) is 0 Å². The molecule has 0 bridgehead atoms. The number of carbonyl (C=O) groups excluding carboxylic acids is 1. The Labute approximate surface area is 119 Å². The first kappa shape index (κ1) is 16.6. The molecule has 1 aromatic rings. The van der Waals surface area contributed by atoms with Crippen LogP contribution in [0.4, 0.5) is 0 Å². The number of aromatic amines is 1. The molecular weight excluding hydrogens is 280 g/mol. The van der Waals surface area contributed by atoms with E-state index in [-0.39, 0.29) is 16.6 Å². The zero-order valence-electron chi connectivity index (χ0n) is 12.3. The first-order valence-corrected chi connectivity index (χ1v) is 8.19. The second-order valence-corrected chi connectivity index (χ2v) is 6.36. The maximum atomic E-state index is 12.4. The number of rotatable bonds is 6. The summed E-state index contributed by atoms with van der Waals surface area (Å²) in [7, 11) is -4.00. The largest absolute Gasteiger partial charge is 0.335 e. The highest BCUT2D eigenvalue weighted by molar-refractivity contribution is 7.89. The van der Waals surface area contributed by atoms with Crippen molar-refractivity contribution in [1.82, 2.24) is 15.1 Å². The lowest BCUT2D eigenvalue weighted by atomic mass is 10.2. The van der Waals surface area contributed by atoms with E-state index < -0.39 is 15.9 Å². The fourth-order valence-electron chi connectivity index (χ4n) is 2.12. The summed E-state index contributed by atoms with van der Waals surface area (Å²) in [6.07, 6.45) is 1.19. The van der Waals surface area contributed by atoms with Crippen LogP contribution in [0.3, 0.4) is 0 Å². The average Bonchev–Trinajstić information content (AvgIpc) is 2.73. The number of hydrogen-bond donors (Lipinski definition) is 2. The van der Waals surface area contributed by atoms with Crippen LogP contribution in [-0.4, -0.2) is 42.0 Å². The first-order chi connectivity index (χ1) is 9.23. The van der Waals surface area contributed by atoms with Gasteiger partial charge in [-0.15, -0.1) is 0 Å². The van der Waals surface area contributed by atoms with Gasteiger partial charge in [-0.3, -0.25) is 9.89 Å². The molecule has 0 radical (unpaired) electrons. The highest BCUT2D eigenvalue weighted by Gasteiger charge is 2.30. The molecule has 3 N–H and O–H groups in total. The molecule has 1 heterocycles. The fraction of sp³-hybridized carbons (Fsp3) is 0.667. The van der Waals surface area contributed by atoms with E-state index in [1.165, 1.54) is 0 Å². The van der Waals surface area contributed by atoms with Gasteiger partial charge < -0.3 is 4.90 Å². The van der Waals surface area contributed by atoms with E-state index in [1.54, 1.807) is 4.90 Å². The summed E-state index contributed by atoms with van der Waals surface area (Å²) in [5.41, 5.74) is 0.268. The number of nitrogens with one attached hydrogen (secondary N) is 1. The number of primary sulfonamides is 1. The number of nitrogens with two attached hydrogens (primary N) is 1. The van der Waals surface area contributed by atoms with Gasteiger partial charge in [0, 0.05) is 12.6 Å². The molecule has 114 valence electrons. The molecule has 0 spiro atoms. The van der Waals surface area contributed by atoms with Gasteiger partial charge in [0.05, 0.1) is 5.69 Å². The van der Waals surface area contributed by atoms with E-state index in [0.29, 0.717) is 18.7 Å². The molecule has 1 rings (SSSR count). The molecule has 0 fully saturated rings. The van der Waals surface area contributed by atoms with Gasteiger partial charge in [-0.1, -0.05) is 13.3 Å². The summed E-state index contributed by atoms with van der Waals surface area (Å²) in [4.78, 5) is 13.8. The summed E-state index contributed by atoms with van der Waals surface area (Å²) in [6, 6.07) is -0.0489. The minimum atomic E-state index is -4.00.